The summed E-state index contributed by atoms with van der Waals surface area (Å²) in [7, 11) is 0. The summed E-state index contributed by atoms with van der Waals surface area (Å²) >= 11 is 5.90. The highest BCUT2D eigenvalue weighted by molar-refractivity contribution is 6.30. The van der Waals surface area contributed by atoms with Crippen molar-refractivity contribution in [1.82, 2.24) is 10.1 Å². The molecule has 1 aliphatic carbocycles. The summed E-state index contributed by atoms with van der Waals surface area (Å²) < 4.78 is 10.3. The lowest BCUT2D eigenvalue weighted by Crippen LogP contribution is -2.43. The number of ether oxygens (including phenoxy) is 1. The van der Waals surface area contributed by atoms with Crippen molar-refractivity contribution in [1.29, 1.82) is 0 Å². The second kappa shape index (κ2) is 5.48. The quantitative estimate of drug-likeness (QED) is 0.812. The van der Waals surface area contributed by atoms with E-state index in [0.29, 0.717) is 16.7 Å². The van der Waals surface area contributed by atoms with Gasteiger partial charge in [-0.15, -0.1) is 0 Å². The van der Waals surface area contributed by atoms with Crippen LogP contribution in [0.4, 0.5) is 0 Å². The maximum atomic E-state index is 12.5. The highest BCUT2D eigenvalue weighted by Crippen LogP contribution is 2.45. The van der Waals surface area contributed by atoms with Crippen molar-refractivity contribution < 1.29 is 14.1 Å². The fourth-order valence-corrected chi connectivity index (χ4v) is 2.70. The Morgan fingerprint density at radius 2 is 2.10 bits per heavy atom. The molecule has 21 heavy (non-hydrogen) atoms. The van der Waals surface area contributed by atoms with Gasteiger partial charge >= 0.3 is 5.97 Å². The monoisotopic (exact) mass is 306 g/mol. The van der Waals surface area contributed by atoms with Crippen molar-refractivity contribution in [3.63, 3.8) is 0 Å². The smallest absolute Gasteiger partial charge is 0.317 e. The van der Waals surface area contributed by atoms with E-state index in [-0.39, 0.29) is 12.6 Å². The molecule has 1 fully saturated rings. The number of nitrogens with zero attached hydrogens (tertiary/aromatic N) is 2. The first kappa shape index (κ1) is 14.1. The zero-order chi connectivity index (χ0) is 14.9. The average molecular weight is 307 g/mol. The van der Waals surface area contributed by atoms with Gasteiger partial charge in [-0.1, -0.05) is 35.3 Å². The molecule has 3 rings (SSSR count). The predicted octanol–water partition coefficient (Wildman–Crippen LogP) is 3.20. The highest BCUT2D eigenvalue weighted by atomic mass is 35.5. The number of halogens is 1. The van der Waals surface area contributed by atoms with Crippen molar-refractivity contribution in [2.24, 2.45) is 0 Å². The average Bonchev–Trinajstić information content (AvgIpc) is 2.83. The molecule has 110 valence electrons. The van der Waals surface area contributed by atoms with Crippen LogP contribution in [0.2, 0.25) is 5.02 Å². The summed E-state index contributed by atoms with van der Waals surface area (Å²) in [5.74, 6) is 0.593. The van der Waals surface area contributed by atoms with E-state index < -0.39 is 5.41 Å². The molecule has 0 unspecified atom stereocenters. The molecule has 1 aromatic carbocycles. The number of carbonyl (C=O) groups excluding carboxylic acids is 1. The van der Waals surface area contributed by atoms with Crippen molar-refractivity contribution in [2.75, 3.05) is 0 Å². The molecule has 0 spiro atoms. The molecule has 1 aliphatic rings. The lowest BCUT2D eigenvalue weighted by Gasteiger charge is -2.39. The minimum Gasteiger partial charge on any atom is -0.455 e. The third-order valence-electron chi connectivity index (χ3n) is 3.89. The molecule has 2 aromatic rings. The van der Waals surface area contributed by atoms with Crippen LogP contribution in [-0.4, -0.2) is 16.1 Å². The number of aryl methyl sites for hydroxylation is 1. The molecule has 0 radical (unpaired) electrons. The summed E-state index contributed by atoms with van der Waals surface area (Å²) in [6, 6.07) is 7.37. The molecule has 1 heterocycles. The number of rotatable bonds is 4. The molecule has 0 saturated heterocycles. The number of benzene rings is 1. The standard InChI is InChI=1S/C15H15ClN2O3/c1-10-17-13(21-18-10)9-20-14(19)15(7-2-8-15)11-3-5-12(16)6-4-11/h3-6H,2,7-9H2,1H3. The van der Waals surface area contributed by atoms with E-state index in [1.54, 1.807) is 19.1 Å². The molecular weight excluding hydrogens is 292 g/mol. The van der Waals surface area contributed by atoms with Crippen LogP contribution in [0, 0.1) is 6.92 Å². The molecule has 1 aromatic heterocycles. The summed E-state index contributed by atoms with van der Waals surface area (Å²) in [5.41, 5.74) is 0.393. The molecular formula is C15H15ClN2O3. The zero-order valence-electron chi connectivity index (χ0n) is 11.6. The molecule has 0 N–H and O–H groups in total. The van der Waals surface area contributed by atoms with Gasteiger partial charge in [0.2, 0.25) is 0 Å². The lowest BCUT2D eigenvalue weighted by atomic mass is 9.64. The first-order valence-corrected chi connectivity index (χ1v) is 7.20. The van der Waals surface area contributed by atoms with E-state index in [0.717, 1.165) is 24.8 Å². The molecule has 0 aliphatic heterocycles. The van der Waals surface area contributed by atoms with Gasteiger partial charge in [0, 0.05) is 5.02 Å². The van der Waals surface area contributed by atoms with Crippen LogP contribution >= 0.6 is 11.6 Å². The van der Waals surface area contributed by atoms with Crippen molar-refractivity contribution >= 4 is 17.6 Å². The minimum absolute atomic E-state index is 0.00894. The fourth-order valence-electron chi connectivity index (χ4n) is 2.57. The molecule has 5 nitrogen and oxygen atoms in total. The second-order valence-corrected chi connectivity index (χ2v) is 5.69. The predicted molar refractivity (Wildman–Crippen MR) is 75.8 cm³/mol. The SMILES string of the molecule is Cc1noc(COC(=O)C2(c3ccc(Cl)cc3)CCC2)n1. The lowest BCUT2D eigenvalue weighted by molar-refractivity contribution is -0.156. The van der Waals surface area contributed by atoms with Gasteiger partial charge in [0.1, 0.15) is 0 Å². The minimum atomic E-state index is -0.556. The summed E-state index contributed by atoms with van der Waals surface area (Å²) in [4.78, 5) is 16.5. The fraction of sp³-hybridized carbons (Fsp3) is 0.400. The van der Waals surface area contributed by atoms with E-state index in [2.05, 4.69) is 10.1 Å². The van der Waals surface area contributed by atoms with Crippen LogP contribution in [0.3, 0.4) is 0 Å². The Hall–Kier alpha value is -1.88. The Morgan fingerprint density at radius 3 is 2.62 bits per heavy atom. The van der Waals surface area contributed by atoms with Crippen molar-refractivity contribution in [3.8, 4) is 0 Å². The number of carbonyl (C=O) groups is 1. The molecule has 1 saturated carbocycles. The molecule has 0 atom stereocenters. The van der Waals surface area contributed by atoms with Gasteiger partial charge in [0.25, 0.3) is 5.89 Å². The van der Waals surface area contributed by atoms with E-state index in [9.17, 15) is 4.79 Å². The Kier molecular flexibility index (Phi) is 3.68. The van der Waals surface area contributed by atoms with Gasteiger partial charge < -0.3 is 9.26 Å². The number of aromatic nitrogens is 2. The van der Waals surface area contributed by atoms with Gasteiger partial charge in [0.05, 0.1) is 5.41 Å². The Labute approximate surface area is 127 Å². The van der Waals surface area contributed by atoms with Crippen LogP contribution < -0.4 is 0 Å². The van der Waals surface area contributed by atoms with Crippen molar-refractivity contribution in [3.05, 3.63) is 46.6 Å². The van der Waals surface area contributed by atoms with E-state index >= 15 is 0 Å². The molecule has 6 heteroatoms. The topological polar surface area (TPSA) is 65.2 Å². The first-order chi connectivity index (χ1) is 10.1. The third kappa shape index (κ3) is 2.65. The summed E-state index contributed by atoms with van der Waals surface area (Å²) in [6.07, 6.45) is 2.59. The van der Waals surface area contributed by atoms with Gasteiger partial charge in [-0.05, 0) is 37.5 Å². The Balaban J connectivity index is 1.73. The third-order valence-corrected chi connectivity index (χ3v) is 4.14. The number of esters is 1. The number of hydrogen-bond donors (Lipinski definition) is 0. The van der Waals surface area contributed by atoms with Gasteiger partial charge in [-0.2, -0.15) is 4.98 Å². The highest BCUT2D eigenvalue weighted by Gasteiger charge is 2.47. The maximum absolute atomic E-state index is 12.5. The molecule has 0 amide bonds. The number of hydrogen-bond acceptors (Lipinski definition) is 5. The first-order valence-electron chi connectivity index (χ1n) is 6.83. The van der Waals surface area contributed by atoms with Gasteiger partial charge in [-0.3, -0.25) is 4.79 Å². The maximum Gasteiger partial charge on any atom is 0.317 e. The largest absolute Gasteiger partial charge is 0.455 e. The Morgan fingerprint density at radius 1 is 1.38 bits per heavy atom. The van der Waals surface area contributed by atoms with Gasteiger partial charge in [0.15, 0.2) is 12.4 Å². The van der Waals surface area contributed by atoms with E-state index in [1.165, 1.54) is 0 Å². The summed E-state index contributed by atoms with van der Waals surface area (Å²) in [6.45, 7) is 1.73. The molecule has 0 bridgehead atoms. The van der Waals surface area contributed by atoms with Crippen molar-refractivity contribution in [2.45, 2.75) is 38.2 Å². The normalized spacial score (nSPS) is 16.3. The second-order valence-electron chi connectivity index (χ2n) is 5.25. The van der Waals surface area contributed by atoms with Crippen LogP contribution in [0.5, 0.6) is 0 Å². The van der Waals surface area contributed by atoms with Crippen LogP contribution in [0.1, 0.15) is 36.5 Å². The van der Waals surface area contributed by atoms with Crippen LogP contribution in [-0.2, 0) is 21.6 Å². The van der Waals surface area contributed by atoms with Crippen LogP contribution in [0.25, 0.3) is 0 Å². The van der Waals surface area contributed by atoms with E-state index in [1.807, 2.05) is 12.1 Å². The van der Waals surface area contributed by atoms with Crippen LogP contribution in [0.15, 0.2) is 28.8 Å². The summed E-state index contributed by atoms with van der Waals surface area (Å²) in [5, 5.41) is 4.32. The van der Waals surface area contributed by atoms with Gasteiger partial charge in [-0.25, -0.2) is 0 Å². The zero-order valence-corrected chi connectivity index (χ0v) is 12.4. The Bertz CT molecular complexity index is 647. The van der Waals surface area contributed by atoms with E-state index in [4.69, 9.17) is 20.9 Å².